The maximum atomic E-state index is 11.9. The van der Waals surface area contributed by atoms with Crippen LogP contribution in [-0.4, -0.2) is 35.7 Å². The molecule has 0 radical (unpaired) electrons. The Morgan fingerprint density at radius 1 is 1.19 bits per heavy atom. The first-order valence-corrected chi connectivity index (χ1v) is 9.21. The predicted molar refractivity (Wildman–Crippen MR) is 103 cm³/mol. The first kappa shape index (κ1) is 18.5. The maximum Gasteiger partial charge on any atom is 0.320 e. The number of nitrogens with zero attached hydrogens (tertiary/aromatic N) is 1. The van der Waals surface area contributed by atoms with Crippen LogP contribution in [0.4, 0.5) is 0 Å². The molecule has 1 fully saturated rings. The van der Waals surface area contributed by atoms with E-state index in [9.17, 15) is 9.90 Å². The molecule has 4 heteroatoms. The third-order valence-corrected chi connectivity index (χ3v) is 5.29. The molecule has 1 aliphatic heterocycles. The lowest BCUT2D eigenvalue weighted by Crippen LogP contribution is -2.47. The summed E-state index contributed by atoms with van der Waals surface area (Å²) in [6.45, 7) is 4.97. The second-order valence-corrected chi connectivity index (χ2v) is 7.13. The van der Waals surface area contributed by atoms with Gasteiger partial charge in [0.2, 0.25) is 0 Å². The fraction of sp³-hybridized carbons (Fsp3) is 0.409. The zero-order valence-electron chi connectivity index (χ0n) is 15.7. The molecule has 1 aliphatic rings. The highest BCUT2D eigenvalue weighted by molar-refractivity contribution is 5.73. The second-order valence-electron chi connectivity index (χ2n) is 7.13. The van der Waals surface area contributed by atoms with Crippen LogP contribution in [0, 0.1) is 13.8 Å². The molecule has 2 aromatic carbocycles. The summed E-state index contributed by atoms with van der Waals surface area (Å²) >= 11 is 0. The molecule has 0 bridgehead atoms. The molecule has 1 saturated heterocycles. The van der Waals surface area contributed by atoms with Gasteiger partial charge in [-0.05, 0) is 62.1 Å². The number of carboxylic acid groups (broad SMARTS) is 1. The van der Waals surface area contributed by atoms with Crippen molar-refractivity contribution >= 4 is 5.97 Å². The van der Waals surface area contributed by atoms with Gasteiger partial charge in [0.1, 0.15) is 11.8 Å². The molecule has 0 saturated carbocycles. The van der Waals surface area contributed by atoms with Crippen LogP contribution < -0.4 is 4.74 Å². The molecule has 0 aliphatic carbocycles. The minimum absolute atomic E-state index is 0.0906. The summed E-state index contributed by atoms with van der Waals surface area (Å²) in [6.07, 6.45) is 2.68. The summed E-state index contributed by atoms with van der Waals surface area (Å²) in [6, 6.07) is 13.9. The smallest absolute Gasteiger partial charge is 0.320 e. The van der Waals surface area contributed by atoms with Crippen molar-refractivity contribution in [3.05, 3.63) is 64.7 Å². The van der Waals surface area contributed by atoms with Crippen molar-refractivity contribution in [2.75, 3.05) is 13.7 Å². The average Bonchev–Trinajstić information content (AvgIpc) is 2.64. The molecule has 4 nitrogen and oxygen atoms in total. The van der Waals surface area contributed by atoms with Crippen LogP contribution in [0.25, 0.3) is 0 Å². The van der Waals surface area contributed by atoms with Gasteiger partial charge in [-0.25, -0.2) is 0 Å². The Labute approximate surface area is 155 Å². The monoisotopic (exact) mass is 353 g/mol. The fourth-order valence-electron chi connectivity index (χ4n) is 4.02. The molecule has 2 unspecified atom stereocenters. The van der Waals surface area contributed by atoms with Crippen molar-refractivity contribution in [1.82, 2.24) is 4.90 Å². The summed E-state index contributed by atoms with van der Waals surface area (Å²) in [5.74, 6) is 0.0588. The third kappa shape index (κ3) is 3.75. The van der Waals surface area contributed by atoms with Gasteiger partial charge in [-0.15, -0.1) is 0 Å². The number of piperidine rings is 1. The zero-order valence-corrected chi connectivity index (χ0v) is 15.7. The average molecular weight is 353 g/mol. The lowest BCUT2D eigenvalue weighted by atomic mass is 9.89. The Kier molecular flexibility index (Phi) is 5.62. The van der Waals surface area contributed by atoms with E-state index in [1.807, 2.05) is 18.2 Å². The van der Waals surface area contributed by atoms with Crippen LogP contribution in [0.5, 0.6) is 5.75 Å². The Bertz CT molecular complexity index is 787. The first-order chi connectivity index (χ1) is 12.5. The van der Waals surface area contributed by atoms with Crippen molar-refractivity contribution in [3.63, 3.8) is 0 Å². The highest BCUT2D eigenvalue weighted by Crippen LogP contribution is 2.37. The minimum atomic E-state index is -0.734. The van der Waals surface area contributed by atoms with E-state index in [2.05, 4.69) is 43.0 Å². The number of carbonyl (C=O) groups is 1. The van der Waals surface area contributed by atoms with E-state index in [1.165, 1.54) is 11.1 Å². The molecule has 3 rings (SSSR count). The SMILES string of the molecule is COc1cccc(C(c2ccc(C)cc2C)N2CCCCC2C(=O)O)c1. The quantitative estimate of drug-likeness (QED) is 0.869. The molecule has 26 heavy (non-hydrogen) atoms. The molecular weight excluding hydrogens is 326 g/mol. The maximum absolute atomic E-state index is 11.9. The lowest BCUT2D eigenvalue weighted by Gasteiger charge is -2.40. The Morgan fingerprint density at radius 2 is 2.00 bits per heavy atom. The summed E-state index contributed by atoms with van der Waals surface area (Å²) in [4.78, 5) is 14.1. The Balaban J connectivity index is 2.13. The number of methoxy groups -OCH3 is 1. The number of carboxylic acids is 1. The molecule has 0 amide bonds. The molecule has 138 valence electrons. The zero-order chi connectivity index (χ0) is 18.7. The third-order valence-electron chi connectivity index (χ3n) is 5.29. The number of hydrogen-bond acceptors (Lipinski definition) is 3. The van der Waals surface area contributed by atoms with Crippen LogP contribution in [0.3, 0.4) is 0 Å². The lowest BCUT2D eigenvalue weighted by molar-refractivity contribution is -0.145. The van der Waals surface area contributed by atoms with Crippen molar-refractivity contribution in [3.8, 4) is 5.75 Å². The molecule has 1 N–H and O–H groups in total. The number of ether oxygens (including phenoxy) is 1. The highest BCUT2D eigenvalue weighted by atomic mass is 16.5. The number of aryl methyl sites for hydroxylation is 2. The largest absolute Gasteiger partial charge is 0.497 e. The minimum Gasteiger partial charge on any atom is -0.497 e. The topological polar surface area (TPSA) is 49.8 Å². The first-order valence-electron chi connectivity index (χ1n) is 9.21. The predicted octanol–water partition coefficient (Wildman–Crippen LogP) is 4.34. The Morgan fingerprint density at radius 3 is 2.69 bits per heavy atom. The van der Waals surface area contributed by atoms with Crippen molar-refractivity contribution in [1.29, 1.82) is 0 Å². The molecule has 0 spiro atoms. The summed E-state index contributed by atoms with van der Waals surface area (Å²) in [5, 5.41) is 9.80. The summed E-state index contributed by atoms with van der Waals surface area (Å²) < 4.78 is 5.42. The normalized spacial score (nSPS) is 19.1. The van der Waals surface area contributed by atoms with Crippen LogP contribution in [0.1, 0.15) is 47.6 Å². The highest BCUT2D eigenvalue weighted by Gasteiger charge is 2.35. The standard InChI is InChI=1S/C22H27NO3/c1-15-10-11-19(16(2)13-15)21(17-7-6-8-18(14-17)26-3)23-12-5-4-9-20(23)22(24)25/h6-8,10-11,13-14,20-21H,4-5,9,12H2,1-3H3,(H,24,25). The molecular formula is C22H27NO3. The molecule has 2 atom stereocenters. The van der Waals surface area contributed by atoms with E-state index in [0.29, 0.717) is 6.42 Å². The van der Waals surface area contributed by atoms with Gasteiger partial charge in [0.25, 0.3) is 0 Å². The van der Waals surface area contributed by atoms with E-state index in [-0.39, 0.29) is 6.04 Å². The number of likely N-dealkylation sites (tertiary alicyclic amines) is 1. The van der Waals surface area contributed by atoms with Gasteiger partial charge in [0.15, 0.2) is 0 Å². The van der Waals surface area contributed by atoms with Gasteiger partial charge < -0.3 is 9.84 Å². The van der Waals surface area contributed by atoms with Gasteiger partial charge in [0, 0.05) is 0 Å². The van der Waals surface area contributed by atoms with Gasteiger partial charge in [-0.2, -0.15) is 0 Å². The van der Waals surface area contributed by atoms with Crippen LogP contribution in [-0.2, 0) is 4.79 Å². The summed E-state index contributed by atoms with van der Waals surface area (Å²) in [7, 11) is 1.66. The van der Waals surface area contributed by atoms with E-state index >= 15 is 0 Å². The number of rotatable bonds is 5. The summed E-state index contributed by atoms with van der Waals surface area (Å²) in [5.41, 5.74) is 4.64. The van der Waals surface area contributed by atoms with Gasteiger partial charge in [-0.1, -0.05) is 42.3 Å². The van der Waals surface area contributed by atoms with E-state index in [0.717, 1.165) is 36.3 Å². The number of benzene rings is 2. The van der Waals surface area contributed by atoms with Gasteiger partial charge in [0.05, 0.1) is 13.2 Å². The Hall–Kier alpha value is -2.33. The molecule has 1 heterocycles. The second kappa shape index (κ2) is 7.92. The molecule has 2 aromatic rings. The van der Waals surface area contributed by atoms with Crippen LogP contribution in [0.15, 0.2) is 42.5 Å². The van der Waals surface area contributed by atoms with Crippen LogP contribution >= 0.6 is 0 Å². The van der Waals surface area contributed by atoms with E-state index < -0.39 is 12.0 Å². The number of aliphatic carboxylic acids is 1. The fourth-order valence-corrected chi connectivity index (χ4v) is 4.02. The van der Waals surface area contributed by atoms with E-state index in [1.54, 1.807) is 7.11 Å². The van der Waals surface area contributed by atoms with Gasteiger partial charge >= 0.3 is 5.97 Å². The van der Waals surface area contributed by atoms with Crippen LogP contribution in [0.2, 0.25) is 0 Å². The van der Waals surface area contributed by atoms with Crippen molar-refractivity contribution in [2.24, 2.45) is 0 Å². The molecule has 0 aromatic heterocycles. The van der Waals surface area contributed by atoms with E-state index in [4.69, 9.17) is 4.74 Å². The van der Waals surface area contributed by atoms with Gasteiger partial charge in [-0.3, -0.25) is 9.69 Å². The van der Waals surface area contributed by atoms with Crippen molar-refractivity contribution < 1.29 is 14.6 Å². The van der Waals surface area contributed by atoms with Crippen molar-refractivity contribution in [2.45, 2.75) is 45.2 Å². The number of hydrogen-bond donors (Lipinski definition) is 1.